The number of phenols is 1. The molecule has 8 nitrogen and oxygen atoms in total. The Balaban J connectivity index is 2.75. The highest BCUT2D eigenvalue weighted by Gasteiger charge is 2.44. The highest BCUT2D eigenvalue weighted by Crippen LogP contribution is 2.34. The lowest BCUT2D eigenvalue weighted by atomic mass is 9.89. The molecule has 3 amide bonds. The zero-order valence-corrected chi connectivity index (χ0v) is 25.8. The fraction of sp³-hybridized carbons (Fsp3) is 0.485. The largest absolute Gasteiger partial charge is 0.508 e. The van der Waals surface area contributed by atoms with E-state index < -0.39 is 46.7 Å². The van der Waals surface area contributed by atoms with Gasteiger partial charge in [0.1, 0.15) is 23.4 Å². The van der Waals surface area contributed by atoms with Crippen LogP contribution in [0.2, 0.25) is 0 Å². The van der Waals surface area contributed by atoms with Crippen molar-refractivity contribution < 1.29 is 24.2 Å². The Morgan fingerprint density at radius 3 is 2.07 bits per heavy atom. The molecule has 0 aliphatic rings. The van der Waals surface area contributed by atoms with Crippen molar-refractivity contribution in [3.05, 3.63) is 65.2 Å². The molecule has 0 saturated heterocycles. The number of phenolic OH excluding ortho intramolecular Hbond substituents is 1. The standard InChI is InChI=1S/C33H45N3O5/c1-11-23-15-13-14-16-25(23)27(28(38)35-31(3,4)5)36(33(9,10)12-2)29(39)26(34-30(40)41-32(6,7)8)21-22-17-19-24(37)20-18-22/h1,13-20,26-27,37H,12,21H2,2-10H3,(H,34,40)(H,35,38). The highest BCUT2D eigenvalue weighted by molar-refractivity contribution is 5.93. The van der Waals surface area contributed by atoms with E-state index in [1.807, 2.05) is 41.5 Å². The van der Waals surface area contributed by atoms with Crippen molar-refractivity contribution in [2.45, 2.75) is 104 Å². The maximum absolute atomic E-state index is 14.7. The van der Waals surface area contributed by atoms with Crippen LogP contribution in [0.25, 0.3) is 0 Å². The molecule has 0 fully saturated rings. The van der Waals surface area contributed by atoms with Gasteiger partial charge in [-0.25, -0.2) is 4.79 Å². The molecule has 2 aromatic carbocycles. The lowest BCUT2D eigenvalue weighted by molar-refractivity contribution is -0.149. The number of benzene rings is 2. The fourth-order valence-electron chi connectivity index (χ4n) is 4.33. The van der Waals surface area contributed by atoms with Crippen molar-refractivity contribution in [1.82, 2.24) is 15.5 Å². The second kappa shape index (κ2) is 13.1. The van der Waals surface area contributed by atoms with Gasteiger partial charge in [-0.05, 0) is 91.1 Å². The summed E-state index contributed by atoms with van der Waals surface area (Å²) in [4.78, 5) is 43.2. The van der Waals surface area contributed by atoms with E-state index in [1.54, 1.807) is 57.2 Å². The first-order chi connectivity index (χ1) is 18.9. The van der Waals surface area contributed by atoms with Crippen molar-refractivity contribution in [2.24, 2.45) is 0 Å². The van der Waals surface area contributed by atoms with Crippen LogP contribution in [0.3, 0.4) is 0 Å². The van der Waals surface area contributed by atoms with Crippen LogP contribution in [0, 0.1) is 12.3 Å². The zero-order valence-electron chi connectivity index (χ0n) is 25.8. The number of carbonyl (C=O) groups is 3. The summed E-state index contributed by atoms with van der Waals surface area (Å²) >= 11 is 0. The van der Waals surface area contributed by atoms with Crippen molar-refractivity contribution in [2.75, 3.05) is 0 Å². The number of carbonyl (C=O) groups excluding carboxylic acids is 3. The normalized spacial score (nSPS) is 13.4. The Hall–Kier alpha value is -3.99. The van der Waals surface area contributed by atoms with Crippen LogP contribution in [0.4, 0.5) is 4.79 Å². The summed E-state index contributed by atoms with van der Waals surface area (Å²) in [5, 5.41) is 15.6. The van der Waals surface area contributed by atoms with Crippen LogP contribution in [-0.2, 0) is 20.7 Å². The Labute approximate surface area is 244 Å². The molecule has 2 atom stereocenters. The Morgan fingerprint density at radius 1 is 0.976 bits per heavy atom. The predicted octanol–water partition coefficient (Wildman–Crippen LogP) is 5.48. The molecule has 8 heteroatoms. The van der Waals surface area contributed by atoms with E-state index in [1.165, 1.54) is 17.0 Å². The average Bonchev–Trinajstić information content (AvgIpc) is 2.85. The molecule has 0 aromatic heterocycles. The smallest absolute Gasteiger partial charge is 0.408 e. The summed E-state index contributed by atoms with van der Waals surface area (Å²) in [7, 11) is 0. The van der Waals surface area contributed by atoms with Crippen LogP contribution in [-0.4, -0.2) is 50.6 Å². The maximum atomic E-state index is 14.7. The number of nitrogens with zero attached hydrogens (tertiary/aromatic N) is 1. The lowest BCUT2D eigenvalue weighted by Gasteiger charge is -2.45. The first kappa shape index (κ1) is 33.2. The number of rotatable bonds is 9. The molecule has 0 saturated carbocycles. The minimum absolute atomic E-state index is 0.0790. The molecule has 0 heterocycles. The Kier molecular flexibility index (Phi) is 10.6. The van der Waals surface area contributed by atoms with Gasteiger partial charge in [-0.15, -0.1) is 6.42 Å². The summed E-state index contributed by atoms with van der Waals surface area (Å²) in [5.41, 5.74) is -0.521. The Bertz CT molecular complexity index is 1260. The summed E-state index contributed by atoms with van der Waals surface area (Å²) in [6.07, 6.45) is 5.70. The third-order valence-electron chi connectivity index (χ3n) is 6.54. The van der Waals surface area contributed by atoms with Crippen molar-refractivity contribution >= 4 is 17.9 Å². The first-order valence-corrected chi connectivity index (χ1v) is 13.9. The average molecular weight is 564 g/mol. The molecule has 41 heavy (non-hydrogen) atoms. The van der Waals surface area contributed by atoms with E-state index in [9.17, 15) is 19.5 Å². The summed E-state index contributed by atoms with van der Waals surface area (Å²) < 4.78 is 5.50. The maximum Gasteiger partial charge on any atom is 0.408 e. The van der Waals surface area contributed by atoms with Gasteiger partial charge in [-0.2, -0.15) is 0 Å². The number of nitrogens with one attached hydrogen (secondary N) is 2. The van der Waals surface area contributed by atoms with Crippen LogP contribution in [0.5, 0.6) is 5.75 Å². The van der Waals surface area contributed by atoms with E-state index >= 15 is 0 Å². The second-order valence-corrected chi connectivity index (χ2v) is 12.8. The van der Waals surface area contributed by atoms with Gasteiger partial charge in [-0.1, -0.05) is 43.2 Å². The van der Waals surface area contributed by atoms with E-state index in [2.05, 4.69) is 16.6 Å². The number of amides is 3. The van der Waals surface area contributed by atoms with Gasteiger partial charge in [0.15, 0.2) is 0 Å². The van der Waals surface area contributed by atoms with Gasteiger partial charge in [0, 0.05) is 23.1 Å². The highest BCUT2D eigenvalue weighted by atomic mass is 16.6. The molecule has 222 valence electrons. The summed E-state index contributed by atoms with van der Waals surface area (Å²) in [6, 6.07) is 11.3. The number of hydrogen-bond donors (Lipinski definition) is 3. The summed E-state index contributed by atoms with van der Waals surface area (Å²) in [6.45, 7) is 16.5. The third-order valence-corrected chi connectivity index (χ3v) is 6.54. The van der Waals surface area contributed by atoms with Gasteiger partial charge >= 0.3 is 6.09 Å². The minimum Gasteiger partial charge on any atom is -0.508 e. The van der Waals surface area contributed by atoms with E-state index in [4.69, 9.17) is 11.2 Å². The van der Waals surface area contributed by atoms with E-state index in [0.717, 1.165) is 0 Å². The van der Waals surface area contributed by atoms with Crippen molar-refractivity contribution in [1.29, 1.82) is 0 Å². The van der Waals surface area contributed by atoms with Crippen LogP contribution >= 0.6 is 0 Å². The first-order valence-electron chi connectivity index (χ1n) is 13.9. The van der Waals surface area contributed by atoms with Crippen molar-refractivity contribution in [3.8, 4) is 18.1 Å². The molecular formula is C33H45N3O5. The number of aromatic hydroxyl groups is 1. The van der Waals surface area contributed by atoms with Gasteiger partial charge in [0.25, 0.3) is 0 Å². The molecule has 2 unspecified atom stereocenters. The molecule has 2 rings (SSSR count). The molecule has 0 aliphatic carbocycles. The molecule has 0 aliphatic heterocycles. The predicted molar refractivity (Wildman–Crippen MR) is 161 cm³/mol. The molecule has 0 radical (unpaired) electrons. The number of hydrogen-bond acceptors (Lipinski definition) is 5. The molecule has 3 N–H and O–H groups in total. The number of alkyl carbamates (subject to hydrolysis) is 1. The van der Waals surface area contributed by atoms with E-state index in [-0.39, 0.29) is 12.2 Å². The second-order valence-electron chi connectivity index (χ2n) is 12.8. The van der Waals surface area contributed by atoms with Crippen LogP contribution < -0.4 is 10.6 Å². The fourth-order valence-corrected chi connectivity index (χ4v) is 4.33. The number of terminal acetylenes is 1. The van der Waals surface area contributed by atoms with Crippen LogP contribution in [0.15, 0.2) is 48.5 Å². The van der Waals surface area contributed by atoms with Gasteiger partial charge in [-0.3, -0.25) is 9.59 Å². The van der Waals surface area contributed by atoms with Gasteiger partial charge in [0.2, 0.25) is 11.8 Å². The Morgan fingerprint density at radius 2 is 1.56 bits per heavy atom. The molecular weight excluding hydrogens is 518 g/mol. The molecule has 0 spiro atoms. The van der Waals surface area contributed by atoms with Gasteiger partial charge < -0.3 is 25.4 Å². The van der Waals surface area contributed by atoms with E-state index in [0.29, 0.717) is 23.1 Å². The molecule has 2 aromatic rings. The van der Waals surface area contributed by atoms with Crippen LogP contribution in [0.1, 0.15) is 91.5 Å². The summed E-state index contributed by atoms with van der Waals surface area (Å²) in [5.74, 6) is 1.87. The zero-order chi connectivity index (χ0) is 31.2. The van der Waals surface area contributed by atoms with Gasteiger partial charge in [0.05, 0.1) is 0 Å². The third kappa shape index (κ3) is 9.56. The van der Waals surface area contributed by atoms with Crippen molar-refractivity contribution in [3.63, 3.8) is 0 Å². The SMILES string of the molecule is C#Cc1ccccc1C(C(=O)NC(C)(C)C)N(C(=O)C(Cc1ccc(O)cc1)NC(=O)OC(C)(C)C)C(C)(C)CC. The lowest BCUT2D eigenvalue weighted by Crippen LogP contribution is -2.60. The topological polar surface area (TPSA) is 108 Å². The number of ether oxygens (including phenoxy) is 1. The monoisotopic (exact) mass is 563 g/mol. The minimum atomic E-state index is -1.09. The quantitative estimate of drug-likeness (QED) is 0.350. The molecule has 0 bridgehead atoms.